The molecule has 53 heavy (non-hydrogen) atoms. The van der Waals surface area contributed by atoms with Crippen molar-refractivity contribution in [2.75, 3.05) is 46.0 Å². The molecule has 4 saturated heterocycles. The zero-order valence-electron chi connectivity index (χ0n) is 30.4. The summed E-state index contributed by atoms with van der Waals surface area (Å²) in [5.41, 5.74) is 1.93. The molecule has 3 amide bonds. The normalized spacial score (nSPS) is 24.2. The van der Waals surface area contributed by atoms with Gasteiger partial charge in [-0.05, 0) is 86.2 Å². The number of hydrogen-bond acceptors (Lipinski definition) is 9. The van der Waals surface area contributed by atoms with Crippen molar-refractivity contribution in [2.24, 2.45) is 0 Å². The molecule has 2 N–H and O–H groups in total. The predicted octanol–water partition coefficient (Wildman–Crippen LogP) is 4.52. The topological polar surface area (TPSA) is 150 Å². The SMILES string of the molecule is CCCOC(=O)[C@H](C)NP(=O)(Cc1ccc2sc(C(=O)N[C@H]3CCC[C@H]4CC[C@@H](C(=O)N5CC(c6cccnc6)C5)N4C3=O)cc2c1)N1CCOCC1. The minimum atomic E-state index is -3.27. The van der Waals surface area contributed by atoms with E-state index in [9.17, 15) is 23.7 Å². The standard InChI is InChI=1S/C38H49N6O7PS/c1-3-16-51-38(48)25(2)41-52(49,43-14-17-50-18-15-43)24-26-9-12-33-28(19-26)20-34(53-33)35(45)40-31-8-4-7-30-10-11-32(44(30)36(31)46)37(47)42-22-29(23-42)27-6-5-13-39-21-27/h5-6,9,12-13,19-21,25,29-32H,3-4,7-8,10-11,14-18,22-24H2,1-2H3,(H,40,45)(H,41,49)/t25-,30-,31-,32-,52?/m0/s1. The molecule has 2 aromatic heterocycles. The Morgan fingerprint density at radius 2 is 1.91 bits per heavy atom. The van der Waals surface area contributed by atoms with E-state index in [2.05, 4.69) is 15.4 Å². The summed E-state index contributed by atoms with van der Waals surface area (Å²) in [7, 11) is -3.27. The van der Waals surface area contributed by atoms with Gasteiger partial charge in [-0.15, -0.1) is 11.3 Å². The second-order valence-electron chi connectivity index (χ2n) is 14.6. The molecule has 0 radical (unpaired) electrons. The van der Waals surface area contributed by atoms with E-state index in [0.717, 1.165) is 40.5 Å². The lowest BCUT2D eigenvalue weighted by atomic mass is 9.92. The van der Waals surface area contributed by atoms with E-state index in [0.29, 0.717) is 70.1 Å². The van der Waals surface area contributed by atoms with E-state index in [1.807, 2.05) is 59.1 Å². The zero-order valence-corrected chi connectivity index (χ0v) is 32.1. The highest BCUT2D eigenvalue weighted by atomic mass is 32.1. The van der Waals surface area contributed by atoms with Gasteiger partial charge in [0.05, 0.1) is 30.9 Å². The average molecular weight is 765 g/mol. The van der Waals surface area contributed by atoms with Crippen LogP contribution in [0.25, 0.3) is 10.1 Å². The van der Waals surface area contributed by atoms with Gasteiger partial charge in [0.2, 0.25) is 19.3 Å². The van der Waals surface area contributed by atoms with Crippen LogP contribution in [0.4, 0.5) is 0 Å². The summed E-state index contributed by atoms with van der Waals surface area (Å²) in [6.07, 6.45) is 8.02. The molecule has 4 aliphatic rings. The van der Waals surface area contributed by atoms with Gasteiger partial charge < -0.3 is 24.6 Å². The largest absolute Gasteiger partial charge is 0.465 e. The van der Waals surface area contributed by atoms with Crippen molar-refractivity contribution in [2.45, 2.75) is 88.6 Å². The number of morpholine rings is 1. The fourth-order valence-electron chi connectivity index (χ4n) is 8.00. The molecule has 3 aromatic rings. The van der Waals surface area contributed by atoms with Gasteiger partial charge >= 0.3 is 5.97 Å². The van der Waals surface area contributed by atoms with Crippen molar-refractivity contribution in [3.05, 3.63) is 64.8 Å². The summed E-state index contributed by atoms with van der Waals surface area (Å²) in [5.74, 6) is -0.695. The number of rotatable bonds is 12. The Kier molecular flexibility index (Phi) is 11.6. The fraction of sp³-hybridized carbons (Fsp3) is 0.553. The maximum atomic E-state index is 14.6. The summed E-state index contributed by atoms with van der Waals surface area (Å²) in [6, 6.07) is 9.55. The number of aromatic nitrogens is 1. The third kappa shape index (κ3) is 8.22. The maximum Gasteiger partial charge on any atom is 0.323 e. The predicted molar refractivity (Wildman–Crippen MR) is 202 cm³/mol. The number of nitrogens with zero attached hydrogens (tertiary/aromatic N) is 4. The second kappa shape index (κ2) is 16.4. The summed E-state index contributed by atoms with van der Waals surface area (Å²) < 4.78 is 28.2. The monoisotopic (exact) mass is 764 g/mol. The van der Waals surface area contributed by atoms with Gasteiger partial charge in [0, 0.05) is 55.2 Å². The smallest absolute Gasteiger partial charge is 0.323 e. The molecule has 5 atom stereocenters. The first-order valence-corrected chi connectivity index (χ1v) is 21.5. The molecule has 4 fully saturated rings. The van der Waals surface area contributed by atoms with Crippen molar-refractivity contribution in [1.29, 1.82) is 0 Å². The number of benzene rings is 1. The molecule has 6 heterocycles. The van der Waals surface area contributed by atoms with Crippen molar-refractivity contribution in [3.63, 3.8) is 0 Å². The van der Waals surface area contributed by atoms with Crippen molar-refractivity contribution >= 4 is 52.6 Å². The number of likely N-dealkylation sites (tertiary alicyclic amines) is 1. The first-order valence-electron chi connectivity index (χ1n) is 18.8. The van der Waals surface area contributed by atoms with Crippen LogP contribution in [0.3, 0.4) is 0 Å². The number of thiophene rings is 1. The fourth-order valence-corrected chi connectivity index (χ4v) is 11.6. The highest BCUT2D eigenvalue weighted by molar-refractivity contribution is 7.58. The van der Waals surface area contributed by atoms with Crippen LogP contribution in [0.15, 0.2) is 48.8 Å². The summed E-state index contributed by atoms with van der Waals surface area (Å²) >= 11 is 1.34. The third-order valence-electron chi connectivity index (χ3n) is 10.9. The highest BCUT2D eigenvalue weighted by Crippen LogP contribution is 2.50. The van der Waals surface area contributed by atoms with Crippen molar-refractivity contribution < 1.29 is 33.2 Å². The van der Waals surface area contributed by atoms with Crippen LogP contribution in [0.1, 0.15) is 79.1 Å². The number of hydrogen-bond donors (Lipinski definition) is 2. The van der Waals surface area contributed by atoms with E-state index in [-0.39, 0.29) is 35.8 Å². The third-order valence-corrected chi connectivity index (χ3v) is 14.9. The van der Waals surface area contributed by atoms with E-state index < -0.39 is 31.5 Å². The summed E-state index contributed by atoms with van der Waals surface area (Å²) in [6.45, 7) is 6.99. The minimum absolute atomic E-state index is 0.00407. The van der Waals surface area contributed by atoms with Crippen LogP contribution >= 0.6 is 18.8 Å². The molecule has 284 valence electrons. The Bertz CT molecular complexity index is 1860. The highest BCUT2D eigenvalue weighted by Gasteiger charge is 2.47. The molecule has 13 nitrogen and oxygen atoms in total. The lowest BCUT2D eigenvalue weighted by Crippen LogP contribution is -2.58. The van der Waals surface area contributed by atoms with E-state index >= 15 is 0 Å². The van der Waals surface area contributed by atoms with Crippen LogP contribution in [0.2, 0.25) is 0 Å². The van der Waals surface area contributed by atoms with E-state index in [4.69, 9.17) is 9.47 Å². The Hall–Kier alpha value is -3.68. The molecule has 7 rings (SSSR count). The molecule has 15 heteroatoms. The number of carbonyl (C=O) groups is 4. The lowest BCUT2D eigenvalue weighted by Gasteiger charge is -2.42. The molecule has 0 saturated carbocycles. The van der Waals surface area contributed by atoms with Gasteiger partial charge in [-0.2, -0.15) is 0 Å². The van der Waals surface area contributed by atoms with Gasteiger partial charge in [0.1, 0.15) is 18.1 Å². The van der Waals surface area contributed by atoms with Gasteiger partial charge in [-0.3, -0.25) is 28.7 Å². The number of pyridine rings is 1. The average Bonchev–Trinajstić information content (AvgIpc) is 3.74. The maximum absolute atomic E-state index is 14.6. The first kappa shape index (κ1) is 37.6. The summed E-state index contributed by atoms with van der Waals surface area (Å²) in [5, 5.41) is 6.97. The van der Waals surface area contributed by atoms with E-state index in [1.165, 1.54) is 11.3 Å². The molecular formula is C38H49N6O7PS. The minimum Gasteiger partial charge on any atom is -0.465 e. The second-order valence-corrected chi connectivity index (χ2v) is 18.2. The van der Waals surface area contributed by atoms with Crippen LogP contribution in [-0.4, -0.2) is 113 Å². The number of esters is 1. The number of fused-ring (bicyclic) bond motifs is 2. The number of nitrogens with one attached hydrogen (secondary N) is 2. The van der Waals surface area contributed by atoms with Crippen LogP contribution in [0.5, 0.6) is 0 Å². The number of amides is 3. The van der Waals surface area contributed by atoms with Crippen LogP contribution < -0.4 is 10.4 Å². The Labute approximate surface area is 314 Å². The molecule has 0 aliphatic carbocycles. The van der Waals surface area contributed by atoms with Gasteiger partial charge in [-0.25, -0.2) is 9.76 Å². The van der Waals surface area contributed by atoms with Crippen molar-refractivity contribution in [1.82, 2.24) is 29.9 Å². The van der Waals surface area contributed by atoms with Crippen LogP contribution in [0, 0.1) is 0 Å². The molecule has 1 aromatic carbocycles. The van der Waals surface area contributed by atoms with E-state index in [1.54, 1.807) is 18.0 Å². The number of ether oxygens (including phenoxy) is 2. The quantitative estimate of drug-likeness (QED) is 0.199. The molecular weight excluding hydrogens is 715 g/mol. The summed E-state index contributed by atoms with van der Waals surface area (Å²) in [4.78, 5) is 62.3. The Balaban J connectivity index is 1.01. The number of carbonyl (C=O) groups excluding carboxylic acids is 4. The van der Waals surface area contributed by atoms with Gasteiger partial charge in [0.15, 0.2) is 0 Å². The van der Waals surface area contributed by atoms with Crippen LogP contribution in [-0.2, 0) is 34.6 Å². The molecule has 0 bridgehead atoms. The Morgan fingerprint density at radius 3 is 2.66 bits per heavy atom. The first-order chi connectivity index (χ1) is 25.6. The zero-order chi connectivity index (χ0) is 37.1. The molecule has 1 unspecified atom stereocenters. The van der Waals surface area contributed by atoms with Crippen molar-refractivity contribution in [3.8, 4) is 0 Å². The van der Waals surface area contributed by atoms with Gasteiger partial charge in [0.25, 0.3) is 5.91 Å². The Morgan fingerprint density at radius 1 is 1.09 bits per heavy atom. The lowest BCUT2D eigenvalue weighted by molar-refractivity contribution is -0.148. The van der Waals surface area contributed by atoms with Gasteiger partial charge in [-0.1, -0.05) is 19.1 Å². The molecule has 0 spiro atoms. The molecule has 4 aliphatic heterocycles.